The lowest BCUT2D eigenvalue weighted by Crippen LogP contribution is -2.35. The molecule has 0 unspecified atom stereocenters. The fourth-order valence-corrected chi connectivity index (χ4v) is 4.27. The topological polar surface area (TPSA) is 71.1 Å². The average molecular weight is 441 g/mol. The molecule has 1 aliphatic rings. The van der Waals surface area contributed by atoms with Crippen LogP contribution in [0.2, 0.25) is 0 Å². The molecular weight excluding hydrogens is 412 g/mol. The first-order valence-electron chi connectivity index (χ1n) is 11.4. The van der Waals surface area contributed by atoms with E-state index in [-0.39, 0.29) is 5.91 Å². The van der Waals surface area contributed by atoms with Crippen LogP contribution in [0.3, 0.4) is 0 Å². The fourth-order valence-electron chi connectivity index (χ4n) is 4.27. The molecule has 6 nitrogen and oxygen atoms in total. The van der Waals surface area contributed by atoms with E-state index in [0.717, 1.165) is 29.8 Å². The molecule has 1 aliphatic carbocycles. The Morgan fingerprint density at radius 2 is 2.03 bits per heavy atom. The van der Waals surface area contributed by atoms with Crippen molar-refractivity contribution in [1.29, 1.82) is 0 Å². The van der Waals surface area contributed by atoms with Gasteiger partial charge in [-0.2, -0.15) is 0 Å². The van der Waals surface area contributed by atoms with E-state index < -0.39 is 0 Å². The second-order valence-corrected chi connectivity index (χ2v) is 8.72. The number of aryl methyl sites for hydroxylation is 1. The molecule has 1 amide bonds. The first-order chi connectivity index (χ1) is 16.1. The normalized spacial score (nSPS) is 13.3. The number of rotatable bonds is 8. The van der Waals surface area contributed by atoms with Gasteiger partial charge in [-0.15, -0.1) is 0 Å². The molecule has 5 rings (SSSR count). The molecule has 33 heavy (non-hydrogen) atoms. The highest BCUT2D eigenvalue weighted by Crippen LogP contribution is 2.32. The summed E-state index contributed by atoms with van der Waals surface area (Å²) < 4.78 is 5.39. The van der Waals surface area contributed by atoms with Crippen LogP contribution in [0.25, 0.3) is 22.2 Å². The second-order valence-electron chi connectivity index (χ2n) is 8.72. The molecule has 2 heterocycles. The Labute approximate surface area is 193 Å². The molecule has 0 spiro atoms. The van der Waals surface area contributed by atoms with Gasteiger partial charge < -0.3 is 14.6 Å². The summed E-state index contributed by atoms with van der Waals surface area (Å²) in [6.07, 6.45) is 6.89. The van der Waals surface area contributed by atoms with Crippen LogP contribution in [0.4, 0.5) is 0 Å². The van der Waals surface area contributed by atoms with Gasteiger partial charge in [-0.05, 0) is 55.9 Å². The molecule has 4 aromatic rings. The van der Waals surface area contributed by atoms with Gasteiger partial charge in [0.25, 0.3) is 5.91 Å². The van der Waals surface area contributed by atoms with E-state index in [0.29, 0.717) is 29.5 Å². The number of benzene rings is 2. The van der Waals surface area contributed by atoms with Gasteiger partial charge in [0.05, 0.1) is 18.4 Å². The van der Waals surface area contributed by atoms with Crippen LogP contribution in [-0.4, -0.2) is 46.0 Å². The van der Waals surface area contributed by atoms with Gasteiger partial charge in [0.2, 0.25) is 0 Å². The number of nitrogens with one attached hydrogen (secondary N) is 1. The minimum atomic E-state index is -0.0143. The summed E-state index contributed by atoms with van der Waals surface area (Å²) in [6, 6.07) is 16.0. The zero-order valence-electron chi connectivity index (χ0n) is 19.0. The molecule has 0 bridgehead atoms. The molecule has 1 fully saturated rings. The summed E-state index contributed by atoms with van der Waals surface area (Å²) in [5.74, 6) is 1.94. The molecule has 0 saturated heterocycles. The van der Waals surface area contributed by atoms with E-state index >= 15 is 0 Å². The quantitative estimate of drug-likeness (QED) is 0.417. The van der Waals surface area contributed by atoms with Crippen molar-refractivity contribution in [2.24, 2.45) is 5.92 Å². The number of amides is 1. The summed E-state index contributed by atoms with van der Waals surface area (Å²) in [5, 5.41) is 1.21. The van der Waals surface area contributed by atoms with Gasteiger partial charge >= 0.3 is 0 Å². The lowest BCUT2D eigenvalue weighted by molar-refractivity contribution is 0.0749. The van der Waals surface area contributed by atoms with Crippen molar-refractivity contribution in [3.63, 3.8) is 0 Å². The predicted octanol–water partition coefficient (Wildman–Crippen LogP) is 5.04. The lowest BCUT2D eigenvalue weighted by Gasteiger charge is -2.24. The van der Waals surface area contributed by atoms with Crippen molar-refractivity contribution in [3.8, 4) is 17.0 Å². The number of H-pyrrole nitrogens is 1. The number of fused-ring (bicyclic) bond motifs is 1. The summed E-state index contributed by atoms with van der Waals surface area (Å²) in [4.78, 5) is 28.1. The Bertz CT molecular complexity index is 1290. The second kappa shape index (κ2) is 9.06. The van der Waals surface area contributed by atoms with Crippen LogP contribution in [0, 0.1) is 12.8 Å². The van der Waals surface area contributed by atoms with Crippen LogP contribution in [0.1, 0.15) is 34.6 Å². The Kier molecular flexibility index (Phi) is 5.82. The highest BCUT2D eigenvalue weighted by molar-refractivity contribution is 5.99. The van der Waals surface area contributed by atoms with E-state index in [1.54, 1.807) is 13.3 Å². The van der Waals surface area contributed by atoms with Gasteiger partial charge in [-0.3, -0.25) is 4.79 Å². The minimum absolute atomic E-state index is 0.0143. The van der Waals surface area contributed by atoms with Crippen molar-refractivity contribution < 1.29 is 9.53 Å². The van der Waals surface area contributed by atoms with Crippen molar-refractivity contribution in [1.82, 2.24) is 19.9 Å². The number of aromatic nitrogens is 3. The summed E-state index contributed by atoms with van der Waals surface area (Å²) in [5.41, 5.74) is 4.39. The highest BCUT2D eigenvalue weighted by atomic mass is 16.5. The molecule has 0 atom stereocenters. The number of para-hydroxylation sites is 1. The molecule has 1 N–H and O–H groups in total. The Hall–Kier alpha value is -3.67. The first-order valence-corrected chi connectivity index (χ1v) is 11.4. The zero-order chi connectivity index (χ0) is 22.8. The molecule has 2 aromatic carbocycles. The van der Waals surface area contributed by atoms with Crippen LogP contribution in [0.5, 0.6) is 5.75 Å². The number of carbonyl (C=O) groups is 1. The third-order valence-corrected chi connectivity index (χ3v) is 6.27. The maximum absolute atomic E-state index is 13.8. The van der Waals surface area contributed by atoms with Gasteiger partial charge in [-0.1, -0.05) is 30.3 Å². The number of hydrogen-bond acceptors (Lipinski definition) is 4. The highest BCUT2D eigenvalue weighted by Gasteiger charge is 2.29. The molecule has 1 saturated carbocycles. The molecule has 2 aromatic heterocycles. The van der Waals surface area contributed by atoms with Crippen LogP contribution in [-0.2, 0) is 6.42 Å². The number of nitrogens with zero attached hydrogens (tertiary/aromatic N) is 3. The monoisotopic (exact) mass is 440 g/mol. The summed E-state index contributed by atoms with van der Waals surface area (Å²) in [6.45, 7) is 3.27. The Balaban J connectivity index is 1.44. The zero-order valence-corrected chi connectivity index (χ0v) is 19.0. The summed E-state index contributed by atoms with van der Waals surface area (Å²) in [7, 11) is 1.64. The van der Waals surface area contributed by atoms with Gasteiger partial charge in [0, 0.05) is 41.9 Å². The van der Waals surface area contributed by atoms with Crippen LogP contribution >= 0.6 is 0 Å². The van der Waals surface area contributed by atoms with Crippen molar-refractivity contribution in [2.75, 3.05) is 20.2 Å². The Morgan fingerprint density at radius 1 is 1.18 bits per heavy atom. The lowest BCUT2D eigenvalue weighted by atomic mass is 10.0. The number of hydrogen-bond donors (Lipinski definition) is 1. The van der Waals surface area contributed by atoms with E-state index in [9.17, 15) is 4.79 Å². The maximum atomic E-state index is 13.8. The minimum Gasteiger partial charge on any atom is -0.497 e. The van der Waals surface area contributed by atoms with Gasteiger partial charge in [0.15, 0.2) is 0 Å². The van der Waals surface area contributed by atoms with E-state index in [2.05, 4.69) is 39.3 Å². The van der Waals surface area contributed by atoms with E-state index in [4.69, 9.17) is 4.74 Å². The van der Waals surface area contributed by atoms with E-state index in [1.807, 2.05) is 42.2 Å². The SMILES string of the molecule is COc1cccc(-c2nc(C)ncc2C(=O)N(CCc2c[nH]c3ccccc23)CC2CC2)c1. The number of aromatic amines is 1. The smallest absolute Gasteiger partial charge is 0.257 e. The van der Waals surface area contributed by atoms with Crippen molar-refractivity contribution in [2.45, 2.75) is 26.2 Å². The molecule has 0 aliphatic heterocycles. The molecule has 0 radical (unpaired) electrons. The largest absolute Gasteiger partial charge is 0.497 e. The van der Waals surface area contributed by atoms with Crippen molar-refractivity contribution >= 4 is 16.8 Å². The third-order valence-electron chi connectivity index (χ3n) is 6.27. The number of methoxy groups -OCH3 is 1. The number of ether oxygens (including phenoxy) is 1. The summed E-state index contributed by atoms with van der Waals surface area (Å²) >= 11 is 0. The number of carbonyl (C=O) groups excluding carboxylic acids is 1. The predicted molar refractivity (Wildman–Crippen MR) is 129 cm³/mol. The third kappa shape index (κ3) is 4.60. The van der Waals surface area contributed by atoms with E-state index in [1.165, 1.54) is 23.8 Å². The van der Waals surface area contributed by atoms with Crippen LogP contribution < -0.4 is 4.74 Å². The molecular formula is C27H28N4O2. The standard InChI is InChI=1S/C27H28N4O2/c1-18-28-16-24(26(30-18)20-6-5-7-22(14-20)33-2)27(32)31(17-19-10-11-19)13-12-21-15-29-25-9-4-3-8-23(21)25/h3-9,14-16,19,29H,10-13,17H2,1-2H3. The first kappa shape index (κ1) is 21.2. The maximum Gasteiger partial charge on any atom is 0.257 e. The fraction of sp³-hybridized carbons (Fsp3) is 0.296. The van der Waals surface area contributed by atoms with Crippen molar-refractivity contribution in [3.05, 3.63) is 77.9 Å². The Morgan fingerprint density at radius 3 is 2.85 bits per heavy atom. The average Bonchev–Trinajstić information content (AvgIpc) is 3.58. The van der Waals surface area contributed by atoms with Crippen LogP contribution in [0.15, 0.2) is 60.9 Å². The molecule has 168 valence electrons. The van der Waals surface area contributed by atoms with Gasteiger partial charge in [0.1, 0.15) is 11.6 Å². The van der Waals surface area contributed by atoms with Gasteiger partial charge in [-0.25, -0.2) is 9.97 Å². The molecule has 6 heteroatoms.